The van der Waals surface area contributed by atoms with E-state index in [2.05, 4.69) is 16.0 Å². The summed E-state index contributed by atoms with van der Waals surface area (Å²) in [7, 11) is 0. The summed E-state index contributed by atoms with van der Waals surface area (Å²) in [5.74, 6) is 0. The summed E-state index contributed by atoms with van der Waals surface area (Å²) in [6.07, 6.45) is 2.30. The second kappa shape index (κ2) is 15.9. The molecule has 0 heterocycles. The summed E-state index contributed by atoms with van der Waals surface area (Å²) in [4.78, 5) is 4.77. The van der Waals surface area contributed by atoms with Crippen molar-refractivity contribution in [3.8, 4) is 0 Å². The van der Waals surface area contributed by atoms with E-state index in [-0.39, 0.29) is 66.5 Å². The average Bonchev–Trinajstić information content (AvgIpc) is 1.41. The Kier molecular flexibility index (Phi) is 37.0. The first-order chi connectivity index (χ1) is 2.41. The van der Waals surface area contributed by atoms with Gasteiger partial charge in [0.2, 0.25) is 0 Å². The summed E-state index contributed by atoms with van der Waals surface area (Å²) in [6, 6.07) is 0. The van der Waals surface area contributed by atoms with E-state index in [1.165, 1.54) is 0 Å². The second-order valence-electron chi connectivity index (χ2n) is 0.510. The molecule has 7 heavy (non-hydrogen) atoms. The van der Waals surface area contributed by atoms with Crippen LogP contribution in [0.1, 0.15) is 0 Å². The van der Waals surface area contributed by atoms with Gasteiger partial charge in [-0.3, -0.25) is 0 Å². The molecule has 0 atom stereocenters. The number of hydrogen-bond acceptors (Lipinski definition) is 3. The van der Waals surface area contributed by atoms with Gasteiger partial charge in [0, 0.05) is 0 Å². The molecule has 42 valence electrons. The molecule has 0 aliphatic carbocycles. The SMILES string of the molecule is [CH3][Sn+][S][Sn+][CH3].[SH-].[SH-]. The van der Waals surface area contributed by atoms with Gasteiger partial charge in [0.15, 0.2) is 0 Å². The smallest absolute Gasteiger partial charge is 0.813 e. The van der Waals surface area contributed by atoms with E-state index in [9.17, 15) is 0 Å². The molecule has 0 nitrogen and oxygen atoms in total. The fourth-order valence-electron chi connectivity index (χ4n) is 0.102. The summed E-state index contributed by atoms with van der Waals surface area (Å²) in [5.41, 5.74) is 0. The van der Waals surface area contributed by atoms with Gasteiger partial charge in [-0.05, 0) is 0 Å². The van der Waals surface area contributed by atoms with E-state index in [4.69, 9.17) is 0 Å². The van der Waals surface area contributed by atoms with Gasteiger partial charge in [0.25, 0.3) is 0 Å². The van der Waals surface area contributed by atoms with E-state index in [1.807, 2.05) is 0 Å². The van der Waals surface area contributed by atoms with Crippen LogP contribution in [0.25, 0.3) is 0 Å². The van der Waals surface area contributed by atoms with E-state index in [1.54, 1.807) is 0 Å². The molecule has 2 radical (unpaired) electrons. The molecule has 0 rings (SSSR count). The maximum atomic E-state index is 2.39. The molecular weight excluding hydrogens is 358 g/mol. The van der Waals surface area contributed by atoms with Crippen molar-refractivity contribution in [1.29, 1.82) is 0 Å². The van der Waals surface area contributed by atoms with Gasteiger partial charge in [0.1, 0.15) is 0 Å². The molecule has 0 aromatic heterocycles. The van der Waals surface area contributed by atoms with E-state index < -0.39 is 0 Å². The summed E-state index contributed by atoms with van der Waals surface area (Å²) < 4.78 is 0. The Morgan fingerprint density at radius 2 is 1.29 bits per heavy atom. The predicted molar refractivity (Wildman–Crippen MR) is 48.3 cm³/mol. The van der Waals surface area contributed by atoms with Crippen LogP contribution >= 0.6 is 6.13 Å². The van der Waals surface area contributed by atoms with Crippen molar-refractivity contribution < 1.29 is 0 Å². The van der Waals surface area contributed by atoms with Crippen molar-refractivity contribution >= 4 is 72.6 Å². The van der Waals surface area contributed by atoms with Gasteiger partial charge in [-0.2, -0.15) is 0 Å². The zero-order chi connectivity index (χ0) is 4.12. The maximum absolute atomic E-state index is 2.39. The van der Waals surface area contributed by atoms with Crippen LogP contribution in [-0.2, 0) is 27.0 Å². The van der Waals surface area contributed by atoms with Gasteiger partial charge in [-0.25, -0.2) is 0 Å². The van der Waals surface area contributed by atoms with E-state index >= 15 is 0 Å². The van der Waals surface area contributed by atoms with Crippen LogP contribution in [0.15, 0.2) is 0 Å². The molecule has 0 amide bonds. The standard InChI is InChI=1S/2CH3.2H2S.S.2Sn/h2*1H3;2*1H2;;;/q;;;;;2*+1/p-2. The van der Waals surface area contributed by atoms with Crippen molar-refractivity contribution in [2.45, 2.75) is 9.88 Å². The van der Waals surface area contributed by atoms with E-state index in [0.29, 0.717) is 0 Å². The topological polar surface area (TPSA) is 0 Å². The molecule has 0 bridgehead atoms. The molecule has 0 saturated carbocycles. The van der Waals surface area contributed by atoms with Crippen LogP contribution in [0.3, 0.4) is 0 Å². The Bertz CT molecular complexity index is 18.4. The Morgan fingerprint density at radius 1 is 1.00 bits per heavy atom. The summed E-state index contributed by atoms with van der Waals surface area (Å²) in [6.45, 7) is 0. The molecule has 0 spiro atoms. The largest absolute Gasteiger partial charge is 0.813 e. The molecule has 0 unspecified atom stereocenters. The molecule has 5 heteroatoms. The van der Waals surface area contributed by atoms with Gasteiger partial charge in [-0.15, -0.1) is 0 Å². The first-order valence-electron chi connectivity index (χ1n) is 1.41. The molecule has 0 aromatic rings. The molecule has 0 N–H and O–H groups in total. The van der Waals surface area contributed by atoms with Crippen molar-refractivity contribution in [2.24, 2.45) is 0 Å². The normalized spacial score (nSPS) is 4.86. The Morgan fingerprint density at radius 3 is 1.29 bits per heavy atom. The minimum Gasteiger partial charge on any atom is -0.813 e. The van der Waals surface area contributed by atoms with Crippen molar-refractivity contribution in [2.75, 3.05) is 0 Å². The Hall–Kier alpha value is 2.65. The molecule has 0 aliphatic rings. The third-order valence-electron chi connectivity index (χ3n) is 0.204. The van der Waals surface area contributed by atoms with Crippen LogP contribution in [0.4, 0.5) is 0 Å². The molecule has 0 aromatic carbocycles. The van der Waals surface area contributed by atoms with Crippen LogP contribution in [0.5, 0.6) is 0 Å². The minimum absolute atomic E-state index is 0. The fourth-order valence-corrected chi connectivity index (χ4v) is 13.8. The van der Waals surface area contributed by atoms with Crippen molar-refractivity contribution in [3.63, 3.8) is 0 Å². The van der Waals surface area contributed by atoms with Gasteiger partial charge in [-0.1, -0.05) is 0 Å². The number of thiol groups is 2. The van der Waals surface area contributed by atoms with E-state index in [0.717, 1.165) is 0 Å². The van der Waals surface area contributed by atoms with Crippen LogP contribution < -0.4 is 0 Å². The van der Waals surface area contributed by atoms with Crippen molar-refractivity contribution in [1.82, 2.24) is 0 Å². The summed E-state index contributed by atoms with van der Waals surface area (Å²) >= 11 is 0.396. The zero-order valence-corrected chi connectivity index (χ0v) is 12.6. The van der Waals surface area contributed by atoms with Gasteiger partial charge < -0.3 is 27.0 Å². The Balaban J connectivity index is -0.0000000800. The molecule has 0 saturated heterocycles. The molecular formula is C2H8S3Sn2. The minimum atomic E-state index is 0. The molecule has 0 aliphatic heterocycles. The number of hydrogen-bond donors (Lipinski definition) is 0. The maximum Gasteiger partial charge on any atom is -0.813 e. The van der Waals surface area contributed by atoms with Crippen LogP contribution in [0.2, 0.25) is 9.88 Å². The zero-order valence-electron chi connectivity index (χ0n) is 4.30. The third-order valence-corrected chi connectivity index (χ3v) is 27.6. The quantitative estimate of drug-likeness (QED) is 0.398. The van der Waals surface area contributed by atoms with Crippen molar-refractivity contribution in [3.05, 3.63) is 0 Å². The fraction of sp³-hybridized carbons (Fsp3) is 1.00. The van der Waals surface area contributed by atoms with Crippen LogP contribution in [-0.4, -0.2) is 39.5 Å². The van der Waals surface area contributed by atoms with Gasteiger partial charge >= 0.3 is 55.5 Å². The molecule has 0 fully saturated rings. The monoisotopic (exact) mass is 368 g/mol. The second-order valence-corrected chi connectivity index (χ2v) is 22.0. The Labute approximate surface area is 81.2 Å². The third kappa shape index (κ3) is 17.7. The average molecular weight is 366 g/mol. The van der Waals surface area contributed by atoms with Crippen LogP contribution in [0, 0.1) is 0 Å². The first-order valence-corrected chi connectivity index (χ1v) is 14.9. The van der Waals surface area contributed by atoms with Gasteiger partial charge in [0.05, 0.1) is 0 Å². The predicted octanol–water partition coefficient (Wildman–Crippen LogP) is 0.514. The first kappa shape index (κ1) is 16.3. The number of rotatable bonds is 2. The summed E-state index contributed by atoms with van der Waals surface area (Å²) in [5, 5.41) is 0.